The van der Waals surface area contributed by atoms with Crippen LogP contribution in [0.1, 0.15) is 33.1 Å². The second-order valence-corrected chi connectivity index (χ2v) is 4.97. The zero-order valence-corrected chi connectivity index (χ0v) is 10.3. The second-order valence-electron chi connectivity index (χ2n) is 4.97. The lowest BCUT2D eigenvalue weighted by Gasteiger charge is -2.37. The summed E-state index contributed by atoms with van der Waals surface area (Å²) in [6, 6.07) is -0.717. The van der Waals surface area contributed by atoms with E-state index in [-0.39, 0.29) is 12.5 Å². The molecule has 0 aliphatic carbocycles. The van der Waals surface area contributed by atoms with Crippen molar-refractivity contribution in [2.75, 3.05) is 13.1 Å². The number of β-amino-alcohol motifs (C(OH)–C–C–N with tert-alkyl or cyclic N) is 1. The Labute approximate surface area is 101 Å². The molecule has 1 aliphatic heterocycles. The molecule has 17 heavy (non-hydrogen) atoms. The molecule has 2 unspecified atom stereocenters. The van der Waals surface area contributed by atoms with Gasteiger partial charge in [-0.05, 0) is 26.7 Å². The zero-order valence-electron chi connectivity index (χ0n) is 10.3. The Balaban J connectivity index is 2.44. The number of aliphatic carboxylic acids is 1. The number of carbonyl (C=O) groups excluding carboxylic acids is 1. The second kappa shape index (κ2) is 5.35. The Morgan fingerprint density at radius 2 is 2.18 bits per heavy atom. The van der Waals surface area contributed by atoms with E-state index in [1.54, 1.807) is 13.8 Å². The van der Waals surface area contributed by atoms with Crippen molar-refractivity contribution in [3.63, 3.8) is 0 Å². The van der Waals surface area contributed by atoms with E-state index in [9.17, 15) is 14.7 Å². The molecule has 2 amide bonds. The van der Waals surface area contributed by atoms with Crippen molar-refractivity contribution in [1.82, 2.24) is 10.2 Å². The third kappa shape index (κ3) is 4.60. The highest BCUT2D eigenvalue weighted by atomic mass is 16.4. The average Bonchev–Trinajstić information content (AvgIpc) is 2.14. The number of piperidine rings is 1. The maximum absolute atomic E-state index is 11.8. The smallest absolute Gasteiger partial charge is 0.317 e. The number of rotatable bonds is 3. The highest BCUT2D eigenvalue weighted by molar-refractivity contribution is 5.76. The van der Waals surface area contributed by atoms with Crippen molar-refractivity contribution in [3.8, 4) is 0 Å². The first-order chi connectivity index (χ1) is 7.80. The van der Waals surface area contributed by atoms with Gasteiger partial charge in [-0.3, -0.25) is 4.79 Å². The van der Waals surface area contributed by atoms with Gasteiger partial charge in [-0.1, -0.05) is 0 Å². The van der Waals surface area contributed by atoms with Crippen LogP contribution in [0.3, 0.4) is 0 Å². The first-order valence-electron chi connectivity index (χ1n) is 5.80. The van der Waals surface area contributed by atoms with Crippen LogP contribution in [-0.2, 0) is 4.79 Å². The van der Waals surface area contributed by atoms with Crippen LogP contribution in [0.15, 0.2) is 0 Å². The molecule has 0 radical (unpaired) electrons. The number of nitrogens with one attached hydrogen (secondary N) is 1. The van der Waals surface area contributed by atoms with Crippen molar-refractivity contribution < 1.29 is 19.8 Å². The topological polar surface area (TPSA) is 89.9 Å². The van der Waals surface area contributed by atoms with Crippen LogP contribution >= 0.6 is 0 Å². The molecule has 1 saturated heterocycles. The van der Waals surface area contributed by atoms with Crippen LogP contribution in [-0.4, -0.2) is 51.8 Å². The molecular formula is C11H20N2O4. The summed E-state index contributed by atoms with van der Waals surface area (Å²) < 4.78 is 0. The van der Waals surface area contributed by atoms with Gasteiger partial charge in [-0.2, -0.15) is 0 Å². The summed E-state index contributed by atoms with van der Waals surface area (Å²) in [5.41, 5.74) is -0.842. The Morgan fingerprint density at radius 3 is 2.71 bits per heavy atom. The zero-order chi connectivity index (χ0) is 13.1. The van der Waals surface area contributed by atoms with Gasteiger partial charge in [0, 0.05) is 12.6 Å². The van der Waals surface area contributed by atoms with Gasteiger partial charge in [0.05, 0.1) is 18.6 Å². The number of urea groups is 1. The fourth-order valence-corrected chi connectivity index (χ4v) is 2.01. The average molecular weight is 244 g/mol. The Bertz CT molecular complexity index is 304. The van der Waals surface area contributed by atoms with Gasteiger partial charge in [0.2, 0.25) is 0 Å². The van der Waals surface area contributed by atoms with Crippen LogP contribution in [0, 0.1) is 0 Å². The molecule has 1 heterocycles. The van der Waals surface area contributed by atoms with E-state index >= 15 is 0 Å². The molecule has 0 aromatic rings. The molecule has 0 aromatic heterocycles. The third-order valence-corrected chi connectivity index (χ3v) is 2.81. The fourth-order valence-electron chi connectivity index (χ4n) is 2.01. The number of hydrogen-bond acceptors (Lipinski definition) is 3. The first-order valence-corrected chi connectivity index (χ1v) is 5.80. The van der Waals surface area contributed by atoms with E-state index in [1.807, 2.05) is 0 Å². The molecule has 2 atom stereocenters. The van der Waals surface area contributed by atoms with E-state index in [0.717, 1.165) is 6.42 Å². The number of nitrogens with zero attached hydrogens (tertiary/aromatic N) is 1. The van der Waals surface area contributed by atoms with Crippen LogP contribution in [0.4, 0.5) is 4.79 Å². The maximum Gasteiger partial charge on any atom is 0.317 e. The van der Waals surface area contributed by atoms with Crippen molar-refractivity contribution >= 4 is 12.0 Å². The maximum atomic E-state index is 11.8. The summed E-state index contributed by atoms with van der Waals surface area (Å²) in [5, 5.41) is 21.1. The lowest BCUT2D eigenvalue weighted by Crippen LogP contribution is -2.53. The minimum atomic E-state index is -0.941. The Kier molecular flexibility index (Phi) is 4.34. The summed E-state index contributed by atoms with van der Waals surface area (Å²) in [4.78, 5) is 23.8. The van der Waals surface area contributed by atoms with E-state index in [4.69, 9.17) is 5.11 Å². The van der Waals surface area contributed by atoms with Crippen molar-refractivity contribution in [3.05, 3.63) is 0 Å². The predicted octanol–water partition coefficient (Wildman–Crippen LogP) is 0.406. The highest BCUT2D eigenvalue weighted by Gasteiger charge is 2.31. The molecule has 0 spiro atoms. The molecule has 1 fully saturated rings. The third-order valence-electron chi connectivity index (χ3n) is 2.81. The first kappa shape index (κ1) is 13.8. The predicted molar refractivity (Wildman–Crippen MR) is 61.7 cm³/mol. The molecule has 6 nitrogen and oxygen atoms in total. The number of carbonyl (C=O) groups is 2. The van der Waals surface area contributed by atoms with Crippen LogP contribution in [0.5, 0.6) is 0 Å². The number of likely N-dealkylation sites (tertiary alicyclic amines) is 1. The van der Waals surface area contributed by atoms with Crippen molar-refractivity contribution in [1.29, 1.82) is 0 Å². The van der Waals surface area contributed by atoms with Crippen LogP contribution in [0.25, 0.3) is 0 Å². The van der Waals surface area contributed by atoms with Crippen LogP contribution in [0.2, 0.25) is 0 Å². The molecule has 0 bridgehead atoms. The van der Waals surface area contributed by atoms with E-state index in [1.165, 1.54) is 4.90 Å². The molecule has 0 aromatic carbocycles. The normalized spacial score (nSPS) is 26.4. The lowest BCUT2D eigenvalue weighted by molar-refractivity contribution is -0.137. The summed E-state index contributed by atoms with van der Waals surface area (Å²) in [7, 11) is 0. The fraction of sp³-hybridized carbons (Fsp3) is 0.818. The molecule has 1 aliphatic rings. The molecule has 98 valence electrons. The summed E-state index contributed by atoms with van der Waals surface area (Å²) in [6.07, 6.45) is 1.34. The van der Waals surface area contributed by atoms with E-state index < -0.39 is 17.6 Å². The van der Waals surface area contributed by atoms with Gasteiger partial charge < -0.3 is 20.4 Å². The van der Waals surface area contributed by atoms with Gasteiger partial charge in [0.25, 0.3) is 0 Å². The van der Waals surface area contributed by atoms with Gasteiger partial charge in [0.1, 0.15) is 0 Å². The molecule has 0 saturated carbocycles. The Hall–Kier alpha value is -1.30. The summed E-state index contributed by atoms with van der Waals surface area (Å²) in [5.74, 6) is -0.941. The molecule has 3 N–H and O–H groups in total. The quantitative estimate of drug-likeness (QED) is 0.670. The SMILES string of the molecule is CC(CC(=O)O)NC(=O)N1CCCC(C)(O)C1. The minimum Gasteiger partial charge on any atom is -0.481 e. The van der Waals surface area contributed by atoms with Gasteiger partial charge in [-0.15, -0.1) is 0 Å². The van der Waals surface area contributed by atoms with Gasteiger partial charge in [-0.25, -0.2) is 4.79 Å². The minimum absolute atomic E-state index is 0.101. The van der Waals surface area contributed by atoms with Crippen molar-refractivity contribution in [2.45, 2.75) is 44.8 Å². The molecule has 1 rings (SSSR count). The standard InChI is InChI=1S/C11H20N2O4/c1-8(6-9(14)15)12-10(16)13-5-3-4-11(2,17)7-13/h8,17H,3-7H2,1-2H3,(H,12,16)(H,14,15). The Morgan fingerprint density at radius 1 is 1.53 bits per heavy atom. The van der Waals surface area contributed by atoms with E-state index in [2.05, 4.69) is 5.32 Å². The van der Waals surface area contributed by atoms with Crippen molar-refractivity contribution in [2.24, 2.45) is 0 Å². The number of carboxylic acids is 1. The largest absolute Gasteiger partial charge is 0.481 e. The number of carboxylic acid groups (broad SMARTS) is 1. The van der Waals surface area contributed by atoms with Gasteiger partial charge in [0.15, 0.2) is 0 Å². The lowest BCUT2D eigenvalue weighted by atomic mass is 9.95. The highest BCUT2D eigenvalue weighted by Crippen LogP contribution is 2.20. The number of hydrogen-bond donors (Lipinski definition) is 3. The molecular weight excluding hydrogens is 224 g/mol. The number of aliphatic hydroxyl groups is 1. The summed E-state index contributed by atoms with van der Waals surface area (Å²) in [6.45, 7) is 4.24. The monoisotopic (exact) mass is 244 g/mol. The molecule has 6 heteroatoms. The summed E-state index contributed by atoms with van der Waals surface area (Å²) >= 11 is 0. The van der Waals surface area contributed by atoms with Crippen LogP contribution < -0.4 is 5.32 Å². The van der Waals surface area contributed by atoms with Gasteiger partial charge >= 0.3 is 12.0 Å². The number of amides is 2. The van der Waals surface area contributed by atoms with E-state index in [0.29, 0.717) is 19.5 Å².